The summed E-state index contributed by atoms with van der Waals surface area (Å²) in [5.74, 6) is -0.239. The van der Waals surface area contributed by atoms with E-state index in [2.05, 4.69) is 10.1 Å². The van der Waals surface area contributed by atoms with E-state index in [4.69, 9.17) is 4.74 Å². The van der Waals surface area contributed by atoms with Gasteiger partial charge in [0.2, 0.25) is 0 Å². The number of carbonyl (C=O) groups is 1. The number of ether oxygens (including phenoxy) is 2. The molecule has 7 heteroatoms. The van der Waals surface area contributed by atoms with Crippen molar-refractivity contribution in [3.8, 4) is 5.75 Å². The summed E-state index contributed by atoms with van der Waals surface area (Å²) in [7, 11) is 1.59. The van der Waals surface area contributed by atoms with Crippen molar-refractivity contribution < 1.29 is 27.4 Å². The van der Waals surface area contributed by atoms with Gasteiger partial charge in [-0.15, -0.1) is 0 Å². The Kier molecular flexibility index (Phi) is 5.81. The van der Waals surface area contributed by atoms with Gasteiger partial charge in [-0.3, -0.25) is 4.79 Å². The van der Waals surface area contributed by atoms with Gasteiger partial charge in [0, 0.05) is 18.4 Å². The Morgan fingerprint density at radius 2 is 1.67 bits per heavy atom. The third-order valence-corrected chi connectivity index (χ3v) is 3.04. The maximum atomic E-state index is 12.1. The zero-order valence-corrected chi connectivity index (χ0v) is 12.9. The molecule has 2 aromatic carbocycles. The molecule has 1 N–H and O–H groups in total. The summed E-state index contributed by atoms with van der Waals surface area (Å²) in [5, 5.41) is 2.66. The van der Waals surface area contributed by atoms with Crippen molar-refractivity contribution in [1.29, 1.82) is 0 Å². The van der Waals surface area contributed by atoms with E-state index in [-0.39, 0.29) is 11.7 Å². The number of carbonyl (C=O) groups excluding carboxylic acids is 1. The Balaban J connectivity index is 1.94. The quantitative estimate of drug-likeness (QED) is 0.864. The lowest BCUT2D eigenvalue weighted by molar-refractivity contribution is -0.153. The minimum Gasteiger partial charge on any atom is -0.484 e. The lowest BCUT2D eigenvalue weighted by Crippen LogP contribution is -2.19. The fourth-order valence-corrected chi connectivity index (χ4v) is 1.92. The molecule has 0 aromatic heterocycles. The monoisotopic (exact) mass is 339 g/mol. The predicted octanol–water partition coefficient (Wildman–Crippen LogP) is 4.03. The molecule has 0 aliphatic carbocycles. The summed E-state index contributed by atoms with van der Waals surface area (Å²) in [6.07, 6.45) is -4.39. The number of methoxy groups -OCH3 is 1. The second-order valence-electron chi connectivity index (χ2n) is 5.01. The normalized spacial score (nSPS) is 11.2. The van der Waals surface area contributed by atoms with Gasteiger partial charge in [0.1, 0.15) is 5.75 Å². The van der Waals surface area contributed by atoms with Crippen molar-refractivity contribution in [2.45, 2.75) is 12.8 Å². The van der Waals surface area contributed by atoms with E-state index in [0.717, 1.165) is 5.56 Å². The highest BCUT2D eigenvalue weighted by Gasteiger charge is 2.28. The summed E-state index contributed by atoms with van der Waals surface area (Å²) in [4.78, 5) is 12.1. The van der Waals surface area contributed by atoms with Crippen molar-refractivity contribution >= 4 is 11.6 Å². The fourth-order valence-electron chi connectivity index (χ4n) is 1.92. The van der Waals surface area contributed by atoms with Gasteiger partial charge in [0.05, 0.1) is 6.61 Å². The van der Waals surface area contributed by atoms with Crippen LogP contribution >= 0.6 is 0 Å². The van der Waals surface area contributed by atoms with Crippen LogP contribution in [0.15, 0.2) is 48.5 Å². The van der Waals surface area contributed by atoms with Crippen LogP contribution in [-0.2, 0) is 11.3 Å². The standard InChI is InChI=1S/C17H16F3NO3/c1-23-10-12-2-4-13(5-3-12)16(22)21-14-6-8-15(9-7-14)24-11-17(18,19)20/h2-9H,10-11H2,1H3,(H,21,22). The molecule has 0 unspecified atom stereocenters. The first kappa shape index (κ1) is 17.8. The Hall–Kier alpha value is -2.54. The molecule has 0 atom stereocenters. The molecule has 0 spiro atoms. The van der Waals surface area contributed by atoms with Crippen molar-refractivity contribution in [2.24, 2.45) is 0 Å². The zero-order chi connectivity index (χ0) is 17.6. The van der Waals surface area contributed by atoms with Gasteiger partial charge in [-0.2, -0.15) is 13.2 Å². The molecule has 0 saturated heterocycles. The van der Waals surface area contributed by atoms with Gasteiger partial charge in [-0.05, 0) is 42.0 Å². The second-order valence-corrected chi connectivity index (χ2v) is 5.01. The average Bonchev–Trinajstić information content (AvgIpc) is 2.54. The Bertz CT molecular complexity index is 667. The molecule has 1 amide bonds. The third-order valence-electron chi connectivity index (χ3n) is 3.04. The Labute approximate surface area is 137 Å². The zero-order valence-electron chi connectivity index (χ0n) is 12.9. The van der Waals surface area contributed by atoms with Crippen molar-refractivity contribution in [2.75, 3.05) is 19.0 Å². The van der Waals surface area contributed by atoms with E-state index in [0.29, 0.717) is 17.9 Å². The smallest absolute Gasteiger partial charge is 0.422 e. The topological polar surface area (TPSA) is 47.6 Å². The second kappa shape index (κ2) is 7.83. The average molecular weight is 339 g/mol. The van der Waals surface area contributed by atoms with Crippen LogP contribution in [0.1, 0.15) is 15.9 Å². The summed E-state index contributed by atoms with van der Waals surface area (Å²) < 4.78 is 45.8. The summed E-state index contributed by atoms with van der Waals surface area (Å²) in [5.41, 5.74) is 1.87. The summed E-state index contributed by atoms with van der Waals surface area (Å²) >= 11 is 0. The van der Waals surface area contributed by atoms with E-state index in [1.54, 1.807) is 31.4 Å². The Morgan fingerprint density at radius 3 is 2.21 bits per heavy atom. The molecular formula is C17H16F3NO3. The third kappa shape index (κ3) is 5.58. The van der Waals surface area contributed by atoms with Crippen molar-refractivity contribution in [3.63, 3.8) is 0 Å². The first-order valence-electron chi connectivity index (χ1n) is 7.06. The van der Waals surface area contributed by atoms with Gasteiger partial charge >= 0.3 is 6.18 Å². The van der Waals surface area contributed by atoms with Crippen LogP contribution in [-0.4, -0.2) is 25.8 Å². The number of alkyl halides is 3. The minimum absolute atomic E-state index is 0.0780. The number of benzene rings is 2. The predicted molar refractivity (Wildman–Crippen MR) is 83.1 cm³/mol. The van der Waals surface area contributed by atoms with Crippen LogP contribution in [0.25, 0.3) is 0 Å². The highest BCUT2D eigenvalue weighted by molar-refractivity contribution is 6.04. The summed E-state index contributed by atoms with van der Waals surface area (Å²) in [6, 6.07) is 12.6. The Morgan fingerprint density at radius 1 is 1.04 bits per heavy atom. The van der Waals surface area contributed by atoms with E-state index in [1.165, 1.54) is 24.3 Å². The highest BCUT2D eigenvalue weighted by Crippen LogP contribution is 2.20. The molecule has 0 radical (unpaired) electrons. The molecule has 0 fully saturated rings. The van der Waals surface area contributed by atoms with E-state index in [1.807, 2.05) is 0 Å². The highest BCUT2D eigenvalue weighted by atomic mass is 19.4. The van der Waals surface area contributed by atoms with Crippen molar-refractivity contribution in [1.82, 2.24) is 0 Å². The van der Waals surface area contributed by atoms with E-state index >= 15 is 0 Å². The molecule has 24 heavy (non-hydrogen) atoms. The first-order valence-corrected chi connectivity index (χ1v) is 7.06. The molecular weight excluding hydrogens is 323 g/mol. The molecule has 2 aromatic rings. The molecule has 0 bridgehead atoms. The van der Waals surface area contributed by atoms with E-state index in [9.17, 15) is 18.0 Å². The van der Waals surface area contributed by atoms with Gasteiger partial charge in [0.15, 0.2) is 6.61 Å². The van der Waals surface area contributed by atoms with Crippen LogP contribution < -0.4 is 10.1 Å². The van der Waals surface area contributed by atoms with Crippen LogP contribution in [0.5, 0.6) is 5.75 Å². The first-order chi connectivity index (χ1) is 11.4. The lowest BCUT2D eigenvalue weighted by atomic mass is 10.1. The SMILES string of the molecule is COCc1ccc(C(=O)Nc2ccc(OCC(F)(F)F)cc2)cc1. The maximum Gasteiger partial charge on any atom is 0.422 e. The number of halogens is 3. The minimum atomic E-state index is -4.39. The number of anilines is 1. The van der Waals surface area contributed by atoms with Crippen LogP contribution in [0.2, 0.25) is 0 Å². The van der Waals surface area contributed by atoms with Crippen LogP contribution in [0.4, 0.5) is 18.9 Å². The molecule has 0 saturated carbocycles. The maximum absolute atomic E-state index is 12.1. The summed E-state index contributed by atoms with van der Waals surface area (Å²) in [6.45, 7) is -0.895. The van der Waals surface area contributed by atoms with Gasteiger partial charge in [-0.1, -0.05) is 12.1 Å². The number of hydrogen-bond donors (Lipinski definition) is 1. The molecule has 128 valence electrons. The van der Waals surface area contributed by atoms with Gasteiger partial charge < -0.3 is 14.8 Å². The molecule has 0 heterocycles. The van der Waals surface area contributed by atoms with Crippen LogP contribution in [0.3, 0.4) is 0 Å². The molecule has 0 aliphatic rings. The number of nitrogens with one attached hydrogen (secondary N) is 1. The largest absolute Gasteiger partial charge is 0.484 e. The van der Waals surface area contributed by atoms with Gasteiger partial charge in [-0.25, -0.2) is 0 Å². The van der Waals surface area contributed by atoms with Gasteiger partial charge in [0.25, 0.3) is 5.91 Å². The number of rotatable bonds is 6. The van der Waals surface area contributed by atoms with Crippen molar-refractivity contribution in [3.05, 3.63) is 59.7 Å². The van der Waals surface area contributed by atoms with Crippen LogP contribution in [0, 0.1) is 0 Å². The fraction of sp³-hybridized carbons (Fsp3) is 0.235. The molecule has 0 aliphatic heterocycles. The molecule has 4 nitrogen and oxygen atoms in total. The molecule has 2 rings (SSSR count). The lowest BCUT2D eigenvalue weighted by Gasteiger charge is -2.10. The van der Waals surface area contributed by atoms with E-state index < -0.39 is 12.8 Å². The number of hydrogen-bond acceptors (Lipinski definition) is 3. The number of amides is 1.